The molecular weight excluding hydrogens is 358 g/mol. The molecule has 2 aliphatic rings. The van der Waals surface area contributed by atoms with Crippen LogP contribution in [0.4, 0.5) is 5.69 Å². The summed E-state index contributed by atoms with van der Waals surface area (Å²) in [6.07, 6.45) is 2.15. The minimum absolute atomic E-state index is 0.205. The summed E-state index contributed by atoms with van der Waals surface area (Å²) >= 11 is 0. The van der Waals surface area contributed by atoms with Gasteiger partial charge in [0.05, 0.1) is 30.7 Å². The Labute approximate surface area is 152 Å². The number of nitriles is 1. The van der Waals surface area contributed by atoms with Crippen molar-refractivity contribution < 1.29 is 22.7 Å². The lowest BCUT2D eigenvalue weighted by molar-refractivity contribution is -0.187. The van der Waals surface area contributed by atoms with Crippen molar-refractivity contribution >= 4 is 21.6 Å². The Balaban J connectivity index is 1.74. The number of carbonyl (C=O) groups excluding carboxylic acids is 1. The van der Waals surface area contributed by atoms with E-state index in [1.165, 1.54) is 12.1 Å². The third-order valence-electron chi connectivity index (χ3n) is 4.66. The topological polar surface area (TPSA) is 99.9 Å². The molecule has 1 amide bonds. The van der Waals surface area contributed by atoms with Gasteiger partial charge in [-0.15, -0.1) is 0 Å². The molecule has 0 aromatic heterocycles. The van der Waals surface area contributed by atoms with Gasteiger partial charge in [-0.2, -0.15) is 5.26 Å². The fraction of sp³-hybridized carbons (Fsp3) is 0.529. The minimum Gasteiger partial charge on any atom is -0.347 e. The van der Waals surface area contributed by atoms with Crippen LogP contribution in [-0.2, 0) is 24.3 Å². The summed E-state index contributed by atoms with van der Waals surface area (Å²) in [5.74, 6) is -0.906. The summed E-state index contributed by atoms with van der Waals surface area (Å²) < 4.78 is 36.7. The molecule has 9 heteroatoms. The number of nitrogens with zero attached hydrogens (tertiary/aromatic N) is 3. The number of sulfonamides is 1. The Bertz CT molecular complexity index is 817. The van der Waals surface area contributed by atoms with Crippen LogP contribution in [0.2, 0.25) is 0 Å². The van der Waals surface area contributed by atoms with E-state index in [4.69, 9.17) is 9.47 Å². The number of likely N-dealkylation sites (tertiary alicyclic amines) is 1. The number of anilines is 1. The number of piperidine rings is 1. The van der Waals surface area contributed by atoms with Crippen LogP contribution in [0.1, 0.15) is 18.4 Å². The third kappa shape index (κ3) is 3.82. The lowest BCUT2D eigenvalue weighted by atomic mass is 10.0. The zero-order valence-corrected chi connectivity index (χ0v) is 15.4. The number of hydrogen-bond donors (Lipinski definition) is 0. The van der Waals surface area contributed by atoms with Gasteiger partial charge in [-0.3, -0.25) is 9.10 Å². The predicted molar refractivity (Wildman–Crippen MR) is 93.8 cm³/mol. The summed E-state index contributed by atoms with van der Waals surface area (Å²) in [4.78, 5) is 14.3. The first-order valence-electron chi connectivity index (χ1n) is 8.37. The second-order valence-corrected chi connectivity index (χ2v) is 8.29. The molecule has 2 saturated heterocycles. The van der Waals surface area contributed by atoms with E-state index in [0.29, 0.717) is 39.1 Å². The molecule has 1 aromatic rings. The van der Waals surface area contributed by atoms with Crippen molar-refractivity contribution in [2.24, 2.45) is 0 Å². The maximum Gasteiger partial charge on any atom is 0.243 e. The number of para-hydroxylation sites is 1. The summed E-state index contributed by atoms with van der Waals surface area (Å²) in [5.41, 5.74) is 0.415. The van der Waals surface area contributed by atoms with Crippen LogP contribution in [0, 0.1) is 11.3 Å². The van der Waals surface area contributed by atoms with Gasteiger partial charge in [0.1, 0.15) is 12.6 Å². The fourth-order valence-corrected chi connectivity index (χ4v) is 4.13. The molecule has 0 N–H and O–H groups in total. The fourth-order valence-electron chi connectivity index (χ4n) is 3.27. The van der Waals surface area contributed by atoms with Gasteiger partial charge in [-0.05, 0) is 12.1 Å². The molecule has 1 aromatic carbocycles. The largest absolute Gasteiger partial charge is 0.347 e. The van der Waals surface area contributed by atoms with Gasteiger partial charge in [0, 0.05) is 25.9 Å². The Hall–Kier alpha value is -2.15. The maximum absolute atomic E-state index is 12.7. The van der Waals surface area contributed by atoms with Gasteiger partial charge in [-0.25, -0.2) is 8.42 Å². The quantitative estimate of drug-likeness (QED) is 0.763. The molecule has 0 unspecified atom stereocenters. The van der Waals surface area contributed by atoms with Crippen LogP contribution < -0.4 is 4.31 Å². The molecule has 140 valence electrons. The Morgan fingerprint density at radius 3 is 2.46 bits per heavy atom. The van der Waals surface area contributed by atoms with E-state index >= 15 is 0 Å². The molecule has 0 atom stereocenters. The molecule has 0 saturated carbocycles. The number of rotatable bonds is 4. The molecule has 8 nitrogen and oxygen atoms in total. The van der Waals surface area contributed by atoms with Crippen molar-refractivity contribution in [3.63, 3.8) is 0 Å². The van der Waals surface area contributed by atoms with Crippen LogP contribution in [0.15, 0.2) is 24.3 Å². The SMILES string of the molecule is CS(=O)(=O)N(CC(=O)N1CCC2(CC1)OCCO2)c1ccccc1C#N. The van der Waals surface area contributed by atoms with E-state index in [-0.39, 0.29) is 23.7 Å². The molecule has 2 heterocycles. The molecule has 2 fully saturated rings. The van der Waals surface area contributed by atoms with E-state index in [1.807, 2.05) is 6.07 Å². The molecular formula is C17H21N3O5S. The zero-order chi connectivity index (χ0) is 18.8. The van der Waals surface area contributed by atoms with Crippen LogP contribution >= 0.6 is 0 Å². The van der Waals surface area contributed by atoms with E-state index in [9.17, 15) is 18.5 Å². The van der Waals surface area contributed by atoms with E-state index in [1.54, 1.807) is 17.0 Å². The number of amides is 1. The zero-order valence-electron chi connectivity index (χ0n) is 14.6. The highest BCUT2D eigenvalue weighted by Crippen LogP contribution is 2.31. The lowest BCUT2D eigenvalue weighted by Gasteiger charge is -2.38. The normalized spacial score (nSPS) is 19.3. The number of benzene rings is 1. The second kappa shape index (κ2) is 7.23. The molecule has 2 aliphatic heterocycles. The molecule has 1 spiro atoms. The van der Waals surface area contributed by atoms with Crippen LogP contribution in [0.25, 0.3) is 0 Å². The number of ether oxygens (including phenoxy) is 2. The van der Waals surface area contributed by atoms with E-state index in [0.717, 1.165) is 10.6 Å². The van der Waals surface area contributed by atoms with Crippen LogP contribution in [0.5, 0.6) is 0 Å². The second-order valence-electron chi connectivity index (χ2n) is 6.39. The summed E-state index contributed by atoms with van der Waals surface area (Å²) in [7, 11) is -3.72. The first-order chi connectivity index (χ1) is 12.3. The van der Waals surface area contributed by atoms with Crippen molar-refractivity contribution in [2.45, 2.75) is 18.6 Å². The smallest absolute Gasteiger partial charge is 0.243 e. The van der Waals surface area contributed by atoms with Gasteiger partial charge in [0.2, 0.25) is 15.9 Å². The van der Waals surface area contributed by atoms with Gasteiger partial charge < -0.3 is 14.4 Å². The van der Waals surface area contributed by atoms with E-state index in [2.05, 4.69) is 0 Å². The standard InChI is InChI=1S/C17H21N3O5S/c1-26(22,23)20(15-5-3-2-4-14(15)12-18)13-16(21)19-8-6-17(7-9-19)24-10-11-25-17/h2-5H,6-11,13H2,1H3. The lowest BCUT2D eigenvalue weighted by Crippen LogP contribution is -2.50. The van der Waals surface area contributed by atoms with E-state index < -0.39 is 15.8 Å². The summed E-state index contributed by atoms with van der Waals surface area (Å²) in [5, 5.41) is 9.24. The maximum atomic E-state index is 12.7. The van der Waals surface area contributed by atoms with Gasteiger partial charge >= 0.3 is 0 Å². The van der Waals surface area contributed by atoms with Gasteiger partial charge in [-0.1, -0.05) is 12.1 Å². The third-order valence-corrected chi connectivity index (χ3v) is 5.79. The predicted octanol–water partition coefficient (Wildman–Crippen LogP) is 0.690. The summed E-state index contributed by atoms with van der Waals surface area (Å²) in [6.45, 7) is 1.65. The van der Waals surface area contributed by atoms with Crippen molar-refractivity contribution in [2.75, 3.05) is 43.4 Å². The minimum atomic E-state index is -3.72. The molecule has 0 bridgehead atoms. The Kier molecular flexibility index (Phi) is 5.18. The van der Waals surface area contributed by atoms with Crippen molar-refractivity contribution in [1.29, 1.82) is 5.26 Å². The monoisotopic (exact) mass is 379 g/mol. The average molecular weight is 379 g/mol. The van der Waals surface area contributed by atoms with Crippen molar-refractivity contribution in [3.8, 4) is 6.07 Å². The van der Waals surface area contributed by atoms with Crippen LogP contribution in [-0.4, -0.2) is 64.1 Å². The van der Waals surface area contributed by atoms with Gasteiger partial charge in [0.25, 0.3) is 0 Å². The highest BCUT2D eigenvalue weighted by Gasteiger charge is 2.41. The Morgan fingerprint density at radius 2 is 1.88 bits per heavy atom. The average Bonchev–Trinajstić information content (AvgIpc) is 3.07. The van der Waals surface area contributed by atoms with Crippen LogP contribution in [0.3, 0.4) is 0 Å². The number of hydrogen-bond acceptors (Lipinski definition) is 6. The Morgan fingerprint density at radius 1 is 1.27 bits per heavy atom. The summed E-state index contributed by atoms with van der Waals surface area (Å²) in [6, 6.07) is 8.31. The number of carbonyl (C=O) groups is 1. The highest BCUT2D eigenvalue weighted by molar-refractivity contribution is 7.92. The van der Waals surface area contributed by atoms with Crippen molar-refractivity contribution in [3.05, 3.63) is 29.8 Å². The molecule has 0 radical (unpaired) electrons. The highest BCUT2D eigenvalue weighted by atomic mass is 32.2. The first kappa shape index (κ1) is 18.6. The molecule has 26 heavy (non-hydrogen) atoms. The van der Waals surface area contributed by atoms with Crippen molar-refractivity contribution in [1.82, 2.24) is 4.90 Å². The van der Waals surface area contributed by atoms with Gasteiger partial charge in [0.15, 0.2) is 5.79 Å². The molecule has 0 aliphatic carbocycles. The molecule has 3 rings (SSSR count). The first-order valence-corrected chi connectivity index (χ1v) is 10.2.